The Kier molecular flexibility index (Phi) is 6.43. The second kappa shape index (κ2) is 8.75. The normalized spacial score (nSPS) is 10.3. The van der Waals surface area contributed by atoms with Crippen LogP contribution in [0.5, 0.6) is 5.75 Å². The number of rotatable bonds is 6. The van der Waals surface area contributed by atoms with Crippen LogP contribution in [0.4, 0.5) is 16.2 Å². The van der Waals surface area contributed by atoms with E-state index in [-0.39, 0.29) is 18.0 Å². The van der Waals surface area contributed by atoms with Crippen LogP contribution in [0.1, 0.15) is 29.8 Å². The molecule has 0 spiro atoms. The number of carbonyl (C=O) groups excluding carboxylic acids is 2. The van der Waals surface area contributed by atoms with E-state index in [1.165, 1.54) is 0 Å². The first kappa shape index (κ1) is 19.1. The van der Waals surface area contributed by atoms with Crippen molar-refractivity contribution in [2.75, 3.05) is 18.2 Å². The number of methoxy groups -OCH3 is 1. The van der Waals surface area contributed by atoms with Gasteiger partial charge >= 0.3 is 6.03 Å². The smallest absolute Gasteiger partial charge is 0.315 e. The maximum Gasteiger partial charge on any atom is 0.315 e. The molecule has 3 amide bonds. The molecule has 0 unspecified atom stereocenters. The highest BCUT2D eigenvalue weighted by molar-refractivity contribution is 6.05. The zero-order valence-corrected chi connectivity index (χ0v) is 15.1. The zero-order valence-electron chi connectivity index (χ0n) is 15.1. The summed E-state index contributed by atoms with van der Waals surface area (Å²) in [6, 6.07) is 11.9. The molecule has 0 aliphatic rings. The SMILES string of the molecule is COc1ccc(N)c(NC(=O)c2ccc(CNC(=O)NC(C)C)cc2)c1. The number of nitrogen functional groups attached to an aromatic ring is 1. The van der Waals surface area contributed by atoms with E-state index in [4.69, 9.17) is 10.5 Å². The monoisotopic (exact) mass is 356 g/mol. The van der Waals surface area contributed by atoms with Gasteiger partial charge in [-0.3, -0.25) is 4.79 Å². The first-order chi connectivity index (χ1) is 12.4. The van der Waals surface area contributed by atoms with E-state index in [2.05, 4.69) is 16.0 Å². The van der Waals surface area contributed by atoms with Crippen LogP contribution in [-0.4, -0.2) is 25.1 Å². The van der Waals surface area contributed by atoms with Gasteiger partial charge in [0, 0.05) is 24.2 Å². The summed E-state index contributed by atoms with van der Waals surface area (Å²) < 4.78 is 5.14. The molecule has 2 aromatic rings. The Hall–Kier alpha value is -3.22. The second-order valence-electron chi connectivity index (χ2n) is 6.09. The average Bonchev–Trinajstić information content (AvgIpc) is 2.61. The van der Waals surface area contributed by atoms with Crippen molar-refractivity contribution in [1.82, 2.24) is 10.6 Å². The quantitative estimate of drug-likeness (QED) is 0.597. The summed E-state index contributed by atoms with van der Waals surface area (Å²) in [4.78, 5) is 24.0. The van der Waals surface area contributed by atoms with Crippen molar-refractivity contribution >= 4 is 23.3 Å². The Morgan fingerprint density at radius 1 is 1.12 bits per heavy atom. The Morgan fingerprint density at radius 2 is 1.81 bits per heavy atom. The fourth-order valence-corrected chi connectivity index (χ4v) is 2.23. The third-order valence-corrected chi connectivity index (χ3v) is 3.60. The maximum atomic E-state index is 12.4. The van der Waals surface area contributed by atoms with Crippen molar-refractivity contribution in [3.05, 3.63) is 53.6 Å². The maximum absolute atomic E-state index is 12.4. The molecule has 138 valence electrons. The molecule has 0 aromatic heterocycles. The van der Waals surface area contributed by atoms with E-state index in [0.29, 0.717) is 29.2 Å². The molecule has 0 fully saturated rings. The number of nitrogens with two attached hydrogens (primary N) is 1. The van der Waals surface area contributed by atoms with Gasteiger partial charge in [-0.05, 0) is 43.7 Å². The van der Waals surface area contributed by atoms with Gasteiger partial charge in [-0.1, -0.05) is 12.1 Å². The summed E-state index contributed by atoms with van der Waals surface area (Å²) in [5.74, 6) is 0.331. The molecule has 0 atom stereocenters. The van der Waals surface area contributed by atoms with Gasteiger partial charge in [0.25, 0.3) is 5.91 Å². The van der Waals surface area contributed by atoms with Crippen molar-refractivity contribution in [2.24, 2.45) is 0 Å². The third-order valence-electron chi connectivity index (χ3n) is 3.60. The summed E-state index contributed by atoms with van der Waals surface area (Å²) in [7, 11) is 1.55. The lowest BCUT2D eigenvalue weighted by Crippen LogP contribution is -2.39. The molecule has 0 saturated carbocycles. The highest BCUT2D eigenvalue weighted by Crippen LogP contribution is 2.24. The van der Waals surface area contributed by atoms with Gasteiger partial charge in [0.1, 0.15) is 5.75 Å². The number of urea groups is 1. The number of nitrogens with one attached hydrogen (secondary N) is 3. The second-order valence-corrected chi connectivity index (χ2v) is 6.09. The van der Waals surface area contributed by atoms with Crippen LogP contribution in [0, 0.1) is 0 Å². The predicted molar refractivity (Wildman–Crippen MR) is 102 cm³/mol. The molecule has 7 heteroatoms. The minimum Gasteiger partial charge on any atom is -0.497 e. The van der Waals surface area contributed by atoms with Crippen LogP contribution >= 0.6 is 0 Å². The summed E-state index contributed by atoms with van der Waals surface area (Å²) in [6.45, 7) is 4.16. The standard InChI is InChI=1S/C19H24N4O3/c1-12(2)22-19(25)21-11-13-4-6-14(7-5-13)18(24)23-17-10-15(26-3)8-9-16(17)20/h4-10,12H,11,20H2,1-3H3,(H,23,24)(H2,21,22,25). The van der Waals surface area contributed by atoms with Gasteiger partial charge in [-0.25, -0.2) is 4.79 Å². The highest BCUT2D eigenvalue weighted by Gasteiger charge is 2.09. The number of hydrogen-bond donors (Lipinski definition) is 4. The van der Waals surface area contributed by atoms with E-state index in [0.717, 1.165) is 5.56 Å². The molecule has 5 N–H and O–H groups in total. The van der Waals surface area contributed by atoms with E-state index < -0.39 is 0 Å². The average molecular weight is 356 g/mol. The minimum absolute atomic E-state index is 0.0742. The van der Waals surface area contributed by atoms with Crippen molar-refractivity contribution in [1.29, 1.82) is 0 Å². The van der Waals surface area contributed by atoms with Gasteiger partial charge < -0.3 is 26.4 Å². The molecular weight excluding hydrogens is 332 g/mol. The van der Waals surface area contributed by atoms with Crippen LogP contribution in [0.15, 0.2) is 42.5 Å². The molecule has 2 rings (SSSR count). The molecule has 0 heterocycles. The molecule has 0 bridgehead atoms. The van der Waals surface area contributed by atoms with Gasteiger partial charge in [0.2, 0.25) is 0 Å². The molecule has 7 nitrogen and oxygen atoms in total. The van der Waals surface area contributed by atoms with E-state index in [1.54, 1.807) is 49.6 Å². The van der Waals surface area contributed by atoms with Crippen LogP contribution in [0.3, 0.4) is 0 Å². The molecular formula is C19H24N4O3. The van der Waals surface area contributed by atoms with E-state index >= 15 is 0 Å². The Morgan fingerprint density at radius 3 is 2.42 bits per heavy atom. The van der Waals surface area contributed by atoms with E-state index in [1.807, 2.05) is 13.8 Å². The Labute approximate surface area is 152 Å². The van der Waals surface area contributed by atoms with Gasteiger partial charge in [-0.15, -0.1) is 0 Å². The number of amides is 3. The van der Waals surface area contributed by atoms with Gasteiger partial charge in [0.15, 0.2) is 0 Å². The first-order valence-electron chi connectivity index (χ1n) is 8.27. The number of ether oxygens (including phenoxy) is 1. The van der Waals surface area contributed by atoms with Gasteiger partial charge in [0.05, 0.1) is 18.5 Å². The lowest BCUT2D eigenvalue weighted by Gasteiger charge is -2.11. The van der Waals surface area contributed by atoms with Crippen molar-refractivity contribution < 1.29 is 14.3 Å². The van der Waals surface area contributed by atoms with Crippen LogP contribution in [0.25, 0.3) is 0 Å². The topological polar surface area (TPSA) is 105 Å². The molecule has 0 aliphatic carbocycles. The molecule has 0 radical (unpaired) electrons. The molecule has 2 aromatic carbocycles. The van der Waals surface area contributed by atoms with Crippen LogP contribution in [0.2, 0.25) is 0 Å². The molecule has 0 aliphatic heterocycles. The lowest BCUT2D eigenvalue weighted by atomic mass is 10.1. The Bertz CT molecular complexity index is 773. The largest absolute Gasteiger partial charge is 0.497 e. The third kappa shape index (κ3) is 5.41. The zero-order chi connectivity index (χ0) is 19.1. The molecule has 0 saturated heterocycles. The fraction of sp³-hybridized carbons (Fsp3) is 0.263. The first-order valence-corrected chi connectivity index (χ1v) is 8.27. The Balaban J connectivity index is 1.97. The van der Waals surface area contributed by atoms with Gasteiger partial charge in [-0.2, -0.15) is 0 Å². The predicted octanol–water partition coefficient (Wildman–Crippen LogP) is 2.74. The van der Waals surface area contributed by atoms with E-state index in [9.17, 15) is 9.59 Å². The number of carbonyl (C=O) groups is 2. The van der Waals surface area contributed by atoms with Crippen LogP contribution in [-0.2, 0) is 6.54 Å². The fourth-order valence-electron chi connectivity index (χ4n) is 2.23. The number of anilines is 2. The summed E-state index contributed by atoms with van der Waals surface area (Å²) in [5, 5.41) is 8.27. The lowest BCUT2D eigenvalue weighted by molar-refractivity contribution is 0.102. The van der Waals surface area contributed by atoms with Crippen LogP contribution < -0.4 is 26.4 Å². The minimum atomic E-state index is -0.276. The summed E-state index contributed by atoms with van der Waals surface area (Å²) in [5.41, 5.74) is 8.21. The summed E-state index contributed by atoms with van der Waals surface area (Å²) in [6.07, 6.45) is 0. The number of benzene rings is 2. The van der Waals surface area contributed by atoms with Crippen molar-refractivity contribution in [3.63, 3.8) is 0 Å². The van der Waals surface area contributed by atoms with Crippen molar-refractivity contribution in [2.45, 2.75) is 26.4 Å². The molecule has 26 heavy (non-hydrogen) atoms. The highest BCUT2D eigenvalue weighted by atomic mass is 16.5. The van der Waals surface area contributed by atoms with Crippen molar-refractivity contribution in [3.8, 4) is 5.75 Å². The number of hydrogen-bond acceptors (Lipinski definition) is 4. The summed E-state index contributed by atoms with van der Waals surface area (Å²) >= 11 is 0.